The molecule has 1 aliphatic heterocycles. The van der Waals surface area contributed by atoms with E-state index in [2.05, 4.69) is 14.1 Å². The lowest BCUT2D eigenvalue weighted by Gasteiger charge is -2.32. The Balaban J connectivity index is 1.47. The van der Waals surface area contributed by atoms with Gasteiger partial charge in [0.25, 0.3) is 5.91 Å². The number of aromatic nitrogens is 2. The minimum absolute atomic E-state index is 0.0106. The topological polar surface area (TPSA) is 119 Å². The number of halogens is 2. The summed E-state index contributed by atoms with van der Waals surface area (Å²) >= 11 is 12.8. The second-order valence-electron chi connectivity index (χ2n) is 7.30. The summed E-state index contributed by atoms with van der Waals surface area (Å²) in [5.41, 5.74) is 1.04. The summed E-state index contributed by atoms with van der Waals surface area (Å²) in [6.45, 7) is -0.434. The van der Waals surface area contributed by atoms with Crippen LogP contribution >= 0.6 is 34.9 Å². The van der Waals surface area contributed by atoms with Gasteiger partial charge in [0, 0.05) is 11.6 Å². The Kier molecular flexibility index (Phi) is 7.15. The fraction of sp³-hybridized carbons (Fsp3) is 0.300. The van der Waals surface area contributed by atoms with Crippen LogP contribution in [0.25, 0.3) is 11.0 Å². The van der Waals surface area contributed by atoms with Gasteiger partial charge in [-0.25, -0.2) is 8.42 Å². The third-order valence-corrected chi connectivity index (χ3v) is 8.14. The number of fused-ring (bicyclic) bond motifs is 1. The van der Waals surface area contributed by atoms with E-state index in [0.29, 0.717) is 29.1 Å². The number of carbonyl (C=O) groups is 2. The number of rotatable bonds is 6. The van der Waals surface area contributed by atoms with Crippen LogP contribution in [0.2, 0.25) is 10.0 Å². The molecule has 0 radical (unpaired) electrons. The molecule has 13 heteroatoms. The third-order valence-electron chi connectivity index (χ3n) is 5.11. The summed E-state index contributed by atoms with van der Waals surface area (Å²) in [7, 11) is -4.04. The molecule has 9 nitrogen and oxygen atoms in total. The van der Waals surface area contributed by atoms with Crippen molar-refractivity contribution in [2.24, 2.45) is 0 Å². The Morgan fingerprint density at radius 2 is 2.00 bits per heavy atom. The van der Waals surface area contributed by atoms with Crippen LogP contribution < -0.4 is 5.32 Å². The van der Waals surface area contributed by atoms with Crippen molar-refractivity contribution < 1.29 is 22.7 Å². The van der Waals surface area contributed by atoms with E-state index in [9.17, 15) is 18.0 Å². The number of nitrogens with zero attached hydrogens (tertiary/aromatic N) is 3. The number of carbonyl (C=O) groups excluding carboxylic acids is 2. The van der Waals surface area contributed by atoms with Gasteiger partial charge in [-0.05, 0) is 49.6 Å². The fourth-order valence-corrected chi connectivity index (χ4v) is 6.41. The maximum absolute atomic E-state index is 13.4. The Bertz CT molecular complexity index is 1310. The lowest BCUT2D eigenvalue weighted by molar-refractivity contribution is -0.152. The molecule has 33 heavy (non-hydrogen) atoms. The predicted octanol–water partition coefficient (Wildman–Crippen LogP) is 3.72. The highest BCUT2D eigenvalue weighted by Crippen LogP contribution is 2.30. The van der Waals surface area contributed by atoms with Crippen molar-refractivity contribution in [1.82, 2.24) is 13.1 Å². The summed E-state index contributed by atoms with van der Waals surface area (Å²) in [5.74, 6) is -1.41. The Morgan fingerprint density at radius 3 is 2.79 bits per heavy atom. The largest absolute Gasteiger partial charge is 0.454 e. The van der Waals surface area contributed by atoms with Crippen molar-refractivity contribution >= 4 is 73.6 Å². The number of nitrogens with one attached hydrogen (secondary N) is 1. The lowest BCUT2D eigenvalue weighted by Crippen LogP contribution is -2.49. The molecule has 0 bridgehead atoms. The molecule has 1 atom stereocenters. The Labute approximate surface area is 204 Å². The molecule has 2 aromatic carbocycles. The molecule has 1 aromatic heterocycles. The van der Waals surface area contributed by atoms with E-state index in [4.69, 9.17) is 27.9 Å². The SMILES string of the molecule is O=C(COC(=O)C1CCCCN1S(=O)(=O)c1cccc2nsnc12)Nc1ccc(Cl)cc1Cl. The molecule has 1 fully saturated rings. The lowest BCUT2D eigenvalue weighted by atomic mass is 10.1. The molecule has 174 valence electrons. The summed E-state index contributed by atoms with van der Waals surface area (Å²) in [4.78, 5) is 25.0. The van der Waals surface area contributed by atoms with Crippen LogP contribution in [-0.2, 0) is 24.3 Å². The minimum Gasteiger partial charge on any atom is -0.454 e. The molecule has 1 unspecified atom stereocenters. The van der Waals surface area contributed by atoms with E-state index in [-0.39, 0.29) is 28.4 Å². The summed E-state index contributed by atoms with van der Waals surface area (Å²) in [6, 6.07) is 8.20. The number of hydrogen-bond acceptors (Lipinski definition) is 8. The van der Waals surface area contributed by atoms with E-state index in [1.165, 1.54) is 18.2 Å². The molecule has 1 N–H and O–H groups in total. The number of benzene rings is 2. The van der Waals surface area contributed by atoms with Crippen molar-refractivity contribution in [1.29, 1.82) is 0 Å². The van der Waals surface area contributed by atoms with Gasteiger partial charge in [-0.3, -0.25) is 9.59 Å². The fourth-order valence-electron chi connectivity index (χ4n) is 3.55. The Morgan fingerprint density at radius 1 is 1.18 bits per heavy atom. The molecule has 0 aliphatic carbocycles. The molecule has 4 rings (SSSR count). The van der Waals surface area contributed by atoms with Gasteiger partial charge in [0.05, 0.1) is 22.4 Å². The second kappa shape index (κ2) is 9.90. The second-order valence-corrected chi connectivity index (χ2v) is 10.5. The van der Waals surface area contributed by atoms with E-state index in [0.717, 1.165) is 16.0 Å². The number of hydrogen-bond donors (Lipinski definition) is 1. The summed E-state index contributed by atoms with van der Waals surface area (Å²) in [6.07, 6.45) is 1.54. The van der Waals surface area contributed by atoms with Crippen molar-refractivity contribution in [3.63, 3.8) is 0 Å². The van der Waals surface area contributed by atoms with Crippen molar-refractivity contribution in [3.8, 4) is 0 Å². The highest BCUT2D eigenvalue weighted by atomic mass is 35.5. The number of amides is 1. The first kappa shape index (κ1) is 23.8. The number of piperidine rings is 1. The van der Waals surface area contributed by atoms with Gasteiger partial charge < -0.3 is 10.1 Å². The first-order chi connectivity index (χ1) is 15.8. The average molecular weight is 529 g/mol. The van der Waals surface area contributed by atoms with Crippen LogP contribution in [0.4, 0.5) is 5.69 Å². The molecule has 0 saturated carbocycles. The molecule has 0 spiro atoms. The maximum atomic E-state index is 13.4. The van der Waals surface area contributed by atoms with Gasteiger partial charge in [-0.1, -0.05) is 29.3 Å². The highest BCUT2D eigenvalue weighted by molar-refractivity contribution is 7.89. The van der Waals surface area contributed by atoms with Crippen LogP contribution in [0.1, 0.15) is 19.3 Å². The molecule has 1 saturated heterocycles. The third kappa shape index (κ3) is 5.12. The standard InChI is InChI=1S/C20H18Cl2N4O5S2/c21-12-7-8-14(13(22)10-12)23-18(27)11-31-20(28)16-5-1-2-9-26(16)33(29,30)17-6-3-4-15-19(17)25-32-24-15/h3-4,6-8,10,16H,1-2,5,9,11H2,(H,23,27). The molecule has 2 heterocycles. The monoisotopic (exact) mass is 528 g/mol. The zero-order chi connectivity index (χ0) is 23.6. The van der Waals surface area contributed by atoms with Crippen LogP contribution in [0.5, 0.6) is 0 Å². The van der Waals surface area contributed by atoms with Crippen molar-refractivity contribution in [3.05, 3.63) is 46.4 Å². The van der Waals surface area contributed by atoms with Crippen molar-refractivity contribution in [2.75, 3.05) is 18.5 Å². The molecule has 1 amide bonds. The number of ether oxygens (including phenoxy) is 1. The molecule has 3 aromatic rings. The molecule has 1 aliphatic rings. The van der Waals surface area contributed by atoms with Gasteiger partial charge in [0.1, 0.15) is 22.0 Å². The van der Waals surface area contributed by atoms with Gasteiger partial charge in [0.2, 0.25) is 10.0 Å². The number of anilines is 1. The molecular formula is C20H18Cl2N4O5S2. The van der Waals surface area contributed by atoms with E-state index in [1.807, 2.05) is 0 Å². The Hall–Kier alpha value is -2.31. The van der Waals surface area contributed by atoms with Crippen LogP contribution in [0.15, 0.2) is 41.3 Å². The zero-order valence-corrected chi connectivity index (χ0v) is 20.2. The van der Waals surface area contributed by atoms with Crippen LogP contribution in [0.3, 0.4) is 0 Å². The highest BCUT2D eigenvalue weighted by Gasteiger charge is 2.39. The van der Waals surface area contributed by atoms with E-state index in [1.54, 1.807) is 18.2 Å². The van der Waals surface area contributed by atoms with Gasteiger partial charge in [0.15, 0.2) is 6.61 Å². The van der Waals surface area contributed by atoms with Gasteiger partial charge in [-0.2, -0.15) is 13.1 Å². The van der Waals surface area contributed by atoms with Gasteiger partial charge >= 0.3 is 5.97 Å². The minimum atomic E-state index is -4.04. The maximum Gasteiger partial charge on any atom is 0.324 e. The predicted molar refractivity (Wildman–Crippen MR) is 125 cm³/mol. The van der Waals surface area contributed by atoms with Gasteiger partial charge in [-0.15, -0.1) is 0 Å². The number of esters is 1. The number of sulfonamides is 1. The van der Waals surface area contributed by atoms with Crippen LogP contribution in [-0.4, -0.2) is 52.5 Å². The molecular weight excluding hydrogens is 511 g/mol. The first-order valence-electron chi connectivity index (χ1n) is 9.92. The van der Waals surface area contributed by atoms with E-state index < -0.39 is 34.5 Å². The normalized spacial score (nSPS) is 17.1. The van der Waals surface area contributed by atoms with Crippen molar-refractivity contribution in [2.45, 2.75) is 30.2 Å². The summed E-state index contributed by atoms with van der Waals surface area (Å²) in [5, 5.41) is 3.17. The quantitative estimate of drug-likeness (QED) is 0.484. The first-order valence-corrected chi connectivity index (χ1v) is 12.8. The smallest absolute Gasteiger partial charge is 0.324 e. The average Bonchev–Trinajstić information content (AvgIpc) is 3.28. The zero-order valence-electron chi connectivity index (χ0n) is 17.0. The van der Waals surface area contributed by atoms with E-state index >= 15 is 0 Å². The van der Waals surface area contributed by atoms with Crippen LogP contribution in [0, 0.1) is 0 Å². The summed E-state index contributed by atoms with van der Waals surface area (Å²) < 4.78 is 41.3.